The van der Waals surface area contributed by atoms with Gasteiger partial charge in [-0.05, 0) is 69.2 Å². The zero-order chi connectivity index (χ0) is 33.4. The molecule has 0 aliphatic carbocycles. The average molecular weight is 647 g/mol. The van der Waals surface area contributed by atoms with Gasteiger partial charge in [0.1, 0.15) is 52.6 Å². The summed E-state index contributed by atoms with van der Waals surface area (Å²) in [7, 11) is 0. The predicted octanol–water partition coefficient (Wildman–Crippen LogP) is 4.84. The highest BCUT2D eigenvalue weighted by Crippen LogP contribution is 2.35. The number of nitrogens with two attached hydrogens (primary N) is 1. The topological polar surface area (TPSA) is 142 Å². The van der Waals surface area contributed by atoms with Gasteiger partial charge in [-0.1, -0.05) is 18.2 Å². The van der Waals surface area contributed by atoms with Gasteiger partial charge in [0.25, 0.3) is 5.91 Å². The molecule has 3 fully saturated rings. The summed E-state index contributed by atoms with van der Waals surface area (Å²) in [6, 6.07) is 19.5. The number of amides is 2. The Morgan fingerprint density at radius 2 is 1.85 bits per heavy atom. The van der Waals surface area contributed by atoms with E-state index in [1.165, 1.54) is 0 Å². The van der Waals surface area contributed by atoms with E-state index in [4.69, 9.17) is 20.2 Å². The third kappa shape index (κ3) is 5.93. The van der Waals surface area contributed by atoms with Crippen LogP contribution in [-0.2, 0) is 9.53 Å². The first-order valence-corrected chi connectivity index (χ1v) is 16.3. The Morgan fingerprint density at radius 1 is 1.08 bits per heavy atom. The van der Waals surface area contributed by atoms with Crippen molar-refractivity contribution in [3.8, 4) is 28.8 Å². The highest BCUT2D eigenvalue weighted by Gasteiger charge is 2.41. The molecule has 2 atom stereocenters. The minimum absolute atomic E-state index is 0.0259. The van der Waals surface area contributed by atoms with Gasteiger partial charge in [0.15, 0.2) is 0 Å². The van der Waals surface area contributed by atoms with Crippen LogP contribution < -0.4 is 10.5 Å². The SMILES string of the molecule is CC(C)(C=C(C#N)C(=O)N1CCCC(c2nc(-c3ccc(Oc4ccccc4)cc3)c3c(N)nccn23)C1)N1CCN2C(=O)OCC2C1. The quantitative estimate of drug-likeness (QED) is 0.220. The minimum atomic E-state index is -0.575. The van der Waals surface area contributed by atoms with Crippen molar-refractivity contribution in [1.82, 2.24) is 29.1 Å². The lowest BCUT2D eigenvalue weighted by Crippen LogP contribution is -2.58. The van der Waals surface area contributed by atoms with Crippen molar-refractivity contribution in [2.75, 3.05) is 45.1 Å². The normalized spacial score (nSPS) is 20.4. The third-order valence-corrected chi connectivity index (χ3v) is 9.57. The number of nitrogen functional groups attached to an aromatic ring is 1. The van der Waals surface area contributed by atoms with E-state index < -0.39 is 5.54 Å². The number of hydrogen-bond acceptors (Lipinski definition) is 9. The first-order chi connectivity index (χ1) is 23.2. The molecule has 2 amide bonds. The van der Waals surface area contributed by atoms with Crippen LogP contribution in [-0.4, -0.2) is 92.0 Å². The number of cyclic esters (lactones) is 1. The van der Waals surface area contributed by atoms with Crippen molar-refractivity contribution in [2.24, 2.45) is 0 Å². The lowest BCUT2D eigenvalue weighted by molar-refractivity contribution is -0.128. The second-order valence-electron chi connectivity index (χ2n) is 13.1. The molecule has 0 radical (unpaired) electrons. The summed E-state index contributed by atoms with van der Waals surface area (Å²) in [5.74, 6) is 2.26. The van der Waals surface area contributed by atoms with Gasteiger partial charge in [-0.25, -0.2) is 14.8 Å². The molecule has 12 heteroatoms. The molecule has 0 spiro atoms. The number of piperazine rings is 1. The fraction of sp³-hybridized carbons (Fsp3) is 0.361. The summed E-state index contributed by atoms with van der Waals surface area (Å²) < 4.78 is 13.2. The summed E-state index contributed by atoms with van der Waals surface area (Å²) in [5.41, 5.74) is 8.25. The highest BCUT2D eigenvalue weighted by atomic mass is 16.6. The van der Waals surface area contributed by atoms with Gasteiger partial charge in [0.2, 0.25) is 0 Å². The molecule has 246 valence electrons. The molecule has 3 aliphatic rings. The average Bonchev–Trinajstić information content (AvgIpc) is 3.69. The first-order valence-electron chi connectivity index (χ1n) is 16.3. The van der Waals surface area contributed by atoms with Crippen molar-refractivity contribution in [3.05, 3.63) is 84.5 Å². The number of likely N-dealkylation sites (tertiary alicyclic amines) is 1. The molecular weight excluding hydrogens is 608 g/mol. The number of hydrogen-bond donors (Lipinski definition) is 1. The Labute approximate surface area is 279 Å². The number of imidazole rings is 1. The Kier molecular flexibility index (Phi) is 8.23. The van der Waals surface area contributed by atoms with E-state index in [2.05, 4.69) is 16.0 Å². The molecule has 3 aliphatic heterocycles. The van der Waals surface area contributed by atoms with Crippen LogP contribution in [0.1, 0.15) is 38.4 Å². The number of carbonyl (C=O) groups excluding carboxylic acids is 2. The smallest absolute Gasteiger partial charge is 0.410 e. The molecule has 2 unspecified atom stereocenters. The van der Waals surface area contributed by atoms with E-state index in [-0.39, 0.29) is 29.5 Å². The Bertz CT molecular complexity index is 1910. The van der Waals surface area contributed by atoms with E-state index in [9.17, 15) is 14.9 Å². The molecule has 2 aromatic heterocycles. The van der Waals surface area contributed by atoms with Crippen LogP contribution >= 0.6 is 0 Å². The van der Waals surface area contributed by atoms with Crippen LogP contribution in [0.3, 0.4) is 0 Å². The second kappa shape index (κ2) is 12.7. The molecule has 0 saturated carbocycles. The Morgan fingerprint density at radius 3 is 2.62 bits per heavy atom. The summed E-state index contributed by atoms with van der Waals surface area (Å²) >= 11 is 0. The van der Waals surface area contributed by atoms with E-state index in [1.807, 2.05) is 79.0 Å². The highest BCUT2D eigenvalue weighted by molar-refractivity contribution is 5.97. The van der Waals surface area contributed by atoms with E-state index in [0.717, 1.165) is 30.0 Å². The van der Waals surface area contributed by atoms with Crippen molar-refractivity contribution < 1.29 is 19.1 Å². The summed E-state index contributed by atoms with van der Waals surface area (Å²) in [5, 5.41) is 10.2. The summed E-state index contributed by atoms with van der Waals surface area (Å²) in [6.07, 6.45) is 6.61. The van der Waals surface area contributed by atoms with E-state index >= 15 is 0 Å². The third-order valence-electron chi connectivity index (χ3n) is 9.57. The lowest BCUT2D eigenvalue weighted by Gasteiger charge is -2.43. The fourth-order valence-electron chi connectivity index (χ4n) is 7.02. The number of para-hydroxylation sites is 1. The number of aromatic nitrogens is 3. The number of piperidine rings is 1. The molecule has 7 rings (SSSR count). The standard InChI is InChI=1S/C36H38N8O4/c1-36(2,42-17-18-43-27(22-42)23-47-35(43)46)19-26(20-37)34(45)41-15-6-7-25(21-41)33-40-30(31-32(38)39-14-16-44(31)33)24-10-12-29(13-11-24)48-28-8-4-3-5-9-28/h3-5,8-14,16,19,25,27H,6-7,15,17-18,21-23H2,1-2H3,(H2,38,39). The van der Waals surface area contributed by atoms with Gasteiger partial charge in [0.05, 0.1) is 6.04 Å². The van der Waals surface area contributed by atoms with Crippen LogP contribution in [0.5, 0.6) is 11.5 Å². The van der Waals surface area contributed by atoms with Crippen LogP contribution in [0.25, 0.3) is 16.8 Å². The molecule has 3 saturated heterocycles. The van der Waals surface area contributed by atoms with Crippen molar-refractivity contribution in [2.45, 2.75) is 44.2 Å². The number of carbonyl (C=O) groups is 2. The van der Waals surface area contributed by atoms with Crippen LogP contribution in [0.4, 0.5) is 10.6 Å². The van der Waals surface area contributed by atoms with Gasteiger partial charge in [0, 0.05) is 62.1 Å². The Balaban J connectivity index is 1.11. The van der Waals surface area contributed by atoms with E-state index in [0.29, 0.717) is 62.1 Å². The predicted molar refractivity (Wildman–Crippen MR) is 179 cm³/mol. The van der Waals surface area contributed by atoms with Crippen molar-refractivity contribution >= 4 is 23.3 Å². The maximum absolute atomic E-state index is 13.9. The Hall–Kier alpha value is -5.41. The number of benzene rings is 2. The summed E-state index contributed by atoms with van der Waals surface area (Å²) in [6.45, 7) is 7.13. The van der Waals surface area contributed by atoms with Gasteiger partial charge < -0.3 is 20.1 Å². The molecule has 12 nitrogen and oxygen atoms in total. The monoisotopic (exact) mass is 646 g/mol. The number of nitrogens with zero attached hydrogens (tertiary/aromatic N) is 7. The molecule has 2 N–H and O–H groups in total. The van der Waals surface area contributed by atoms with Crippen LogP contribution in [0.15, 0.2) is 78.6 Å². The lowest BCUT2D eigenvalue weighted by atomic mass is 9.94. The molecule has 4 aromatic rings. The molecule has 5 heterocycles. The van der Waals surface area contributed by atoms with E-state index in [1.54, 1.807) is 22.1 Å². The van der Waals surface area contributed by atoms with Gasteiger partial charge in [-0.3, -0.25) is 19.0 Å². The van der Waals surface area contributed by atoms with Crippen molar-refractivity contribution in [3.63, 3.8) is 0 Å². The van der Waals surface area contributed by atoms with Crippen molar-refractivity contribution in [1.29, 1.82) is 5.26 Å². The number of fused-ring (bicyclic) bond motifs is 2. The minimum Gasteiger partial charge on any atom is -0.457 e. The molecular formula is C36H38N8O4. The first kappa shape index (κ1) is 31.2. The number of nitriles is 1. The largest absolute Gasteiger partial charge is 0.457 e. The van der Waals surface area contributed by atoms with Gasteiger partial charge >= 0.3 is 6.09 Å². The van der Waals surface area contributed by atoms with Gasteiger partial charge in [-0.15, -0.1) is 0 Å². The number of anilines is 1. The zero-order valence-corrected chi connectivity index (χ0v) is 27.1. The maximum atomic E-state index is 13.9. The summed E-state index contributed by atoms with van der Waals surface area (Å²) in [4.78, 5) is 41.0. The number of rotatable bonds is 7. The molecule has 48 heavy (non-hydrogen) atoms. The molecule has 0 bridgehead atoms. The van der Waals surface area contributed by atoms with Crippen LogP contribution in [0.2, 0.25) is 0 Å². The fourth-order valence-corrected chi connectivity index (χ4v) is 7.02. The second-order valence-corrected chi connectivity index (χ2v) is 13.1. The zero-order valence-electron chi connectivity index (χ0n) is 27.1. The number of ether oxygens (including phenoxy) is 2. The van der Waals surface area contributed by atoms with Crippen LogP contribution in [0, 0.1) is 11.3 Å². The maximum Gasteiger partial charge on any atom is 0.410 e. The van der Waals surface area contributed by atoms with Gasteiger partial charge in [-0.2, -0.15) is 5.26 Å². The molecule has 2 aromatic carbocycles.